The van der Waals surface area contributed by atoms with Crippen LogP contribution in [0.5, 0.6) is 5.75 Å². The molecular formula is C26H36N2O4S. The molecule has 1 saturated heterocycles. The van der Waals surface area contributed by atoms with Gasteiger partial charge in [0.15, 0.2) is 0 Å². The van der Waals surface area contributed by atoms with E-state index in [1.807, 2.05) is 43.3 Å². The van der Waals surface area contributed by atoms with Gasteiger partial charge in [-0.2, -0.15) is 0 Å². The van der Waals surface area contributed by atoms with E-state index >= 15 is 0 Å². The van der Waals surface area contributed by atoms with Gasteiger partial charge in [0.2, 0.25) is 15.9 Å². The van der Waals surface area contributed by atoms with E-state index in [4.69, 9.17) is 4.74 Å². The lowest BCUT2D eigenvalue weighted by Gasteiger charge is -2.30. The standard InChI is InChI=1S/C26H36N2O4S/c1-20-7-5-6-8-22(20)19-33(30,31)28-16-13-21(14-17-28)25(29)27-15-18-32-24-11-9-23(10-12-24)26(2,3)4/h5-12,21H,13-19H2,1-4H3,(H,27,29). The van der Waals surface area contributed by atoms with Crippen LogP contribution in [0.3, 0.4) is 0 Å². The maximum Gasteiger partial charge on any atom is 0.223 e. The van der Waals surface area contributed by atoms with Crippen molar-refractivity contribution in [1.29, 1.82) is 0 Å². The molecule has 0 radical (unpaired) electrons. The number of carbonyl (C=O) groups excluding carboxylic acids is 1. The number of amides is 1. The Morgan fingerprint density at radius 3 is 2.30 bits per heavy atom. The summed E-state index contributed by atoms with van der Waals surface area (Å²) in [5, 5.41) is 2.93. The molecular weight excluding hydrogens is 436 g/mol. The monoisotopic (exact) mass is 472 g/mol. The Balaban J connectivity index is 1.40. The van der Waals surface area contributed by atoms with Crippen molar-refractivity contribution in [3.8, 4) is 5.75 Å². The van der Waals surface area contributed by atoms with Gasteiger partial charge in [0.25, 0.3) is 0 Å². The summed E-state index contributed by atoms with van der Waals surface area (Å²) in [6, 6.07) is 15.6. The third kappa shape index (κ3) is 7.05. The van der Waals surface area contributed by atoms with E-state index in [9.17, 15) is 13.2 Å². The average molecular weight is 473 g/mol. The molecule has 0 saturated carbocycles. The lowest BCUT2D eigenvalue weighted by Crippen LogP contribution is -2.44. The number of benzene rings is 2. The second-order valence-corrected chi connectivity index (χ2v) is 11.7. The SMILES string of the molecule is Cc1ccccc1CS(=O)(=O)N1CCC(C(=O)NCCOc2ccc(C(C)(C)C)cc2)CC1. The molecule has 2 aromatic rings. The highest BCUT2D eigenvalue weighted by Gasteiger charge is 2.31. The molecule has 3 rings (SSSR count). The number of hydrogen-bond acceptors (Lipinski definition) is 4. The third-order valence-corrected chi connectivity index (χ3v) is 8.04. The van der Waals surface area contributed by atoms with E-state index < -0.39 is 10.0 Å². The van der Waals surface area contributed by atoms with Gasteiger partial charge in [-0.15, -0.1) is 0 Å². The zero-order chi connectivity index (χ0) is 24.1. The third-order valence-electron chi connectivity index (χ3n) is 6.21. The fourth-order valence-corrected chi connectivity index (χ4v) is 5.66. The second kappa shape index (κ2) is 10.7. The van der Waals surface area contributed by atoms with Gasteiger partial charge in [-0.05, 0) is 54.0 Å². The smallest absolute Gasteiger partial charge is 0.223 e. The first kappa shape index (κ1) is 25.2. The number of nitrogens with zero attached hydrogens (tertiary/aromatic N) is 1. The first-order valence-corrected chi connectivity index (χ1v) is 13.2. The number of rotatable bonds is 8. The Kier molecular flexibility index (Phi) is 8.19. The van der Waals surface area contributed by atoms with Crippen LogP contribution < -0.4 is 10.1 Å². The summed E-state index contributed by atoms with van der Waals surface area (Å²) in [6.07, 6.45) is 1.07. The maximum atomic E-state index is 12.8. The first-order chi connectivity index (χ1) is 15.6. The molecule has 7 heteroatoms. The molecule has 6 nitrogen and oxygen atoms in total. The van der Waals surface area contributed by atoms with Crippen LogP contribution >= 0.6 is 0 Å². The Hall–Kier alpha value is -2.38. The summed E-state index contributed by atoms with van der Waals surface area (Å²) in [6.45, 7) is 10.0. The number of ether oxygens (including phenoxy) is 1. The highest BCUT2D eigenvalue weighted by molar-refractivity contribution is 7.88. The fourth-order valence-electron chi connectivity index (χ4n) is 3.99. The van der Waals surface area contributed by atoms with Gasteiger partial charge in [0.05, 0.1) is 12.3 Å². The van der Waals surface area contributed by atoms with Crippen molar-refractivity contribution in [2.24, 2.45) is 5.92 Å². The summed E-state index contributed by atoms with van der Waals surface area (Å²) in [7, 11) is -3.39. The molecule has 0 bridgehead atoms. The van der Waals surface area contributed by atoms with Gasteiger partial charge in [0, 0.05) is 19.0 Å². The minimum atomic E-state index is -3.39. The molecule has 1 aliphatic heterocycles. The molecule has 33 heavy (non-hydrogen) atoms. The van der Waals surface area contributed by atoms with E-state index in [1.165, 1.54) is 9.87 Å². The summed E-state index contributed by atoms with van der Waals surface area (Å²) in [4.78, 5) is 12.5. The summed E-state index contributed by atoms with van der Waals surface area (Å²) < 4.78 is 32.9. The van der Waals surface area contributed by atoms with Gasteiger partial charge in [-0.3, -0.25) is 4.79 Å². The Morgan fingerprint density at radius 2 is 1.70 bits per heavy atom. The van der Waals surface area contributed by atoms with Crippen molar-refractivity contribution in [1.82, 2.24) is 9.62 Å². The van der Waals surface area contributed by atoms with Crippen LogP contribution in [0.15, 0.2) is 48.5 Å². The Labute approximate surface area is 198 Å². The molecule has 0 unspecified atom stereocenters. The average Bonchev–Trinajstić information content (AvgIpc) is 2.78. The zero-order valence-electron chi connectivity index (χ0n) is 20.1. The van der Waals surface area contributed by atoms with E-state index in [-0.39, 0.29) is 23.0 Å². The molecule has 0 spiro atoms. The summed E-state index contributed by atoms with van der Waals surface area (Å²) in [5.41, 5.74) is 3.14. The topological polar surface area (TPSA) is 75.7 Å². The van der Waals surface area contributed by atoms with Gasteiger partial charge < -0.3 is 10.1 Å². The van der Waals surface area contributed by atoms with Gasteiger partial charge in [-0.25, -0.2) is 12.7 Å². The van der Waals surface area contributed by atoms with E-state index in [0.29, 0.717) is 39.1 Å². The fraction of sp³-hybridized carbons (Fsp3) is 0.500. The molecule has 1 heterocycles. The largest absolute Gasteiger partial charge is 0.492 e. The van der Waals surface area contributed by atoms with Crippen LogP contribution in [0.4, 0.5) is 0 Å². The first-order valence-electron chi connectivity index (χ1n) is 11.6. The van der Waals surface area contributed by atoms with E-state index in [1.54, 1.807) is 0 Å². The lowest BCUT2D eigenvalue weighted by atomic mass is 9.87. The molecule has 1 N–H and O–H groups in total. The maximum absolute atomic E-state index is 12.8. The summed E-state index contributed by atoms with van der Waals surface area (Å²) >= 11 is 0. The highest BCUT2D eigenvalue weighted by Crippen LogP contribution is 2.25. The highest BCUT2D eigenvalue weighted by atomic mass is 32.2. The van der Waals surface area contributed by atoms with Crippen molar-refractivity contribution in [2.45, 2.75) is 51.7 Å². The second-order valence-electron chi connectivity index (χ2n) is 9.77. The van der Waals surface area contributed by atoms with Crippen molar-refractivity contribution in [2.75, 3.05) is 26.2 Å². The number of hydrogen-bond donors (Lipinski definition) is 1. The number of piperidine rings is 1. The van der Waals surface area contributed by atoms with Crippen molar-refractivity contribution < 1.29 is 17.9 Å². The molecule has 180 valence electrons. The number of nitrogens with one attached hydrogen (secondary N) is 1. The molecule has 1 aliphatic rings. The molecule has 0 aliphatic carbocycles. The predicted octanol–water partition coefficient (Wildman–Crippen LogP) is 4.03. The van der Waals surface area contributed by atoms with Crippen LogP contribution in [0.2, 0.25) is 0 Å². The van der Waals surface area contributed by atoms with Crippen molar-refractivity contribution in [3.05, 3.63) is 65.2 Å². The normalized spacial score (nSPS) is 15.9. The Morgan fingerprint density at radius 1 is 1.06 bits per heavy atom. The quantitative estimate of drug-likeness (QED) is 0.589. The van der Waals surface area contributed by atoms with Gasteiger partial charge >= 0.3 is 0 Å². The van der Waals surface area contributed by atoms with Crippen LogP contribution in [0, 0.1) is 12.8 Å². The Bertz CT molecular complexity index is 1030. The molecule has 1 fully saturated rings. The van der Waals surface area contributed by atoms with Crippen LogP contribution in [-0.2, 0) is 26.0 Å². The summed E-state index contributed by atoms with van der Waals surface area (Å²) in [5.74, 6) is 0.591. The van der Waals surface area contributed by atoms with Crippen molar-refractivity contribution in [3.63, 3.8) is 0 Å². The minimum Gasteiger partial charge on any atom is -0.492 e. The van der Waals surface area contributed by atoms with E-state index in [0.717, 1.165) is 16.9 Å². The molecule has 0 atom stereocenters. The zero-order valence-corrected chi connectivity index (χ0v) is 21.0. The molecule has 1 amide bonds. The number of carbonyl (C=O) groups is 1. The van der Waals surface area contributed by atoms with Crippen molar-refractivity contribution >= 4 is 15.9 Å². The minimum absolute atomic E-state index is 0.00457. The van der Waals surface area contributed by atoms with Gasteiger partial charge in [0.1, 0.15) is 12.4 Å². The van der Waals surface area contributed by atoms with Crippen LogP contribution in [0.25, 0.3) is 0 Å². The lowest BCUT2D eigenvalue weighted by molar-refractivity contribution is -0.126. The molecule has 0 aromatic heterocycles. The van der Waals surface area contributed by atoms with Crippen LogP contribution in [-0.4, -0.2) is 44.9 Å². The number of aryl methyl sites for hydroxylation is 1. The molecule has 2 aromatic carbocycles. The van der Waals surface area contributed by atoms with Gasteiger partial charge in [-0.1, -0.05) is 57.2 Å². The predicted molar refractivity (Wildman–Crippen MR) is 132 cm³/mol. The van der Waals surface area contributed by atoms with Crippen LogP contribution in [0.1, 0.15) is 50.3 Å². The number of sulfonamides is 1. The van der Waals surface area contributed by atoms with E-state index in [2.05, 4.69) is 38.2 Å².